The van der Waals surface area contributed by atoms with Crippen LogP contribution in [0.2, 0.25) is 0 Å². The van der Waals surface area contributed by atoms with Crippen LogP contribution < -0.4 is 5.32 Å². The number of Topliss-reactive ketones (excluding diaryl/α,β-unsaturated/α-hetero) is 1. The van der Waals surface area contributed by atoms with Crippen molar-refractivity contribution in [2.75, 3.05) is 11.5 Å². The molecule has 2 rings (SSSR count). The van der Waals surface area contributed by atoms with Crippen LogP contribution in [0.4, 0.5) is 0 Å². The van der Waals surface area contributed by atoms with Crippen LogP contribution in [-0.2, 0) is 9.59 Å². The Labute approximate surface area is 81.6 Å². The summed E-state index contributed by atoms with van der Waals surface area (Å²) in [6, 6.07) is -0.166. The monoisotopic (exact) mass is 199 g/mol. The molecule has 1 N–H and O–H groups in total. The fourth-order valence-corrected chi connectivity index (χ4v) is 3.18. The minimum Gasteiger partial charge on any atom is -0.346 e. The minimum atomic E-state index is -0.166. The van der Waals surface area contributed by atoms with Crippen LogP contribution in [0.1, 0.15) is 19.3 Å². The lowest BCUT2D eigenvalue weighted by molar-refractivity contribution is -0.122. The minimum absolute atomic E-state index is 0.0921. The lowest BCUT2D eigenvalue weighted by Crippen LogP contribution is -2.39. The molecule has 2 fully saturated rings. The summed E-state index contributed by atoms with van der Waals surface area (Å²) < 4.78 is 0. The summed E-state index contributed by atoms with van der Waals surface area (Å²) in [6.45, 7) is 0. The second-order valence-corrected chi connectivity index (χ2v) is 4.82. The molecule has 0 aromatic heterocycles. The van der Waals surface area contributed by atoms with Crippen LogP contribution in [0.5, 0.6) is 0 Å². The van der Waals surface area contributed by atoms with E-state index in [1.807, 2.05) is 11.8 Å². The molecular formula is C9H13NO2S. The molecule has 4 heteroatoms. The van der Waals surface area contributed by atoms with Gasteiger partial charge in [-0.15, -0.1) is 0 Å². The molecule has 2 atom stereocenters. The van der Waals surface area contributed by atoms with E-state index in [0.717, 1.165) is 12.2 Å². The average Bonchev–Trinajstić information content (AvgIpc) is 2.47. The van der Waals surface area contributed by atoms with E-state index in [-0.39, 0.29) is 24.2 Å². The van der Waals surface area contributed by atoms with Gasteiger partial charge < -0.3 is 5.32 Å². The van der Waals surface area contributed by atoms with Crippen molar-refractivity contribution in [3.8, 4) is 0 Å². The van der Waals surface area contributed by atoms with E-state index in [2.05, 4.69) is 5.32 Å². The van der Waals surface area contributed by atoms with Crippen molar-refractivity contribution in [1.82, 2.24) is 5.32 Å². The molecule has 0 aromatic carbocycles. The van der Waals surface area contributed by atoms with E-state index in [1.165, 1.54) is 12.2 Å². The number of amides is 1. The summed E-state index contributed by atoms with van der Waals surface area (Å²) in [4.78, 5) is 22.4. The van der Waals surface area contributed by atoms with E-state index in [9.17, 15) is 9.59 Å². The Balaban J connectivity index is 1.99. The van der Waals surface area contributed by atoms with Crippen LogP contribution in [0, 0.1) is 5.92 Å². The first-order valence-corrected chi connectivity index (χ1v) is 5.82. The number of carbonyl (C=O) groups is 2. The molecule has 0 spiro atoms. The first-order valence-electron chi connectivity index (χ1n) is 4.67. The van der Waals surface area contributed by atoms with Gasteiger partial charge in [0.1, 0.15) is 0 Å². The predicted octanol–water partition coefficient (Wildman–Crippen LogP) is 0.587. The maximum absolute atomic E-state index is 11.4. The van der Waals surface area contributed by atoms with E-state index in [0.29, 0.717) is 5.92 Å². The summed E-state index contributed by atoms with van der Waals surface area (Å²) in [7, 11) is 0. The first-order chi connectivity index (χ1) is 6.27. The average molecular weight is 199 g/mol. The molecule has 3 nitrogen and oxygen atoms in total. The third kappa shape index (κ3) is 1.88. The molecule has 1 amide bonds. The van der Waals surface area contributed by atoms with Crippen LogP contribution in [-0.4, -0.2) is 29.2 Å². The zero-order valence-electron chi connectivity index (χ0n) is 7.41. The molecular weight excluding hydrogens is 186 g/mol. The number of nitrogens with one attached hydrogen (secondary N) is 1. The maximum Gasteiger partial charge on any atom is 0.228 e. The van der Waals surface area contributed by atoms with Gasteiger partial charge in [-0.25, -0.2) is 0 Å². The molecule has 0 radical (unpaired) electrons. The van der Waals surface area contributed by atoms with Crippen molar-refractivity contribution in [2.24, 2.45) is 5.92 Å². The van der Waals surface area contributed by atoms with Gasteiger partial charge in [0.2, 0.25) is 5.91 Å². The molecule has 0 bridgehead atoms. The summed E-state index contributed by atoms with van der Waals surface area (Å²) in [5, 5.41) is 2.77. The van der Waals surface area contributed by atoms with Gasteiger partial charge in [0, 0.05) is 0 Å². The van der Waals surface area contributed by atoms with Crippen LogP contribution in [0.15, 0.2) is 0 Å². The van der Waals surface area contributed by atoms with Crippen molar-refractivity contribution in [2.45, 2.75) is 25.3 Å². The van der Waals surface area contributed by atoms with Crippen LogP contribution in [0.3, 0.4) is 0 Å². The van der Waals surface area contributed by atoms with Gasteiger partial charge in [-0.3, -0.25) is 9.59 Å². The topological polar surface area (TPSA) is 46.2 Å². The van der Waals surface area contributed by atoms with Gasteiger partial charge in [-0.1, -0.05) is 0 Å². The van der Waals surface area contributed by atoms with Gasteiger partial charge >= 0.3 is 0 Å². The Hall–Kier alpha value is -0.510. The molecule has 2 aliphatic rings. The molecule has 2 aliphatic heterocycles. The highest BCUT2D eigenvalue weighted by atomic mass is 32.2. The van der Waals surface area contributed by atoms with Gasteiger partial charge in [-0.05, 0) is 30.3 Å². The van der Waals surface area contributed by atoms with Gasteiger partial charge in [-0.2, -0.15) is 11.8 Å². The van der Waals surface area contributed by atoms with E-state index >= 15 is 0 Å². The Kier molecular flexibility index (Phi) is 2.58. The molecule has 13 heavy (non-hydrogen) atoms. The molecule has 2 saturated heterocycles. The quantitative estimate of drug-likeness (QED) is 0.629. The van der Waals surface area contributed by atoms with Crippen molar-refractivity contribution in [1.29, 1.82) is 0 Å². The Morgan fingerprint density at radius 1 is 1.38 bits per heavy atom. The molecule has 2 unspecified atom stereocenters. The fourth-order valence-electron chi connectivity index (χ4n) is 1.98. The molecule has 0 saturated carbocycles. The summed E-state index contributed by atoms with van der Waals surface area (Å²) in [5.74, 6) is 2.61. The van der Waals surface area contributed by atoms with Gasteiger partial charge in [0.05, 0.1) is 12.5 Å². The summed E-state index contributed by atoms with van der Waals surface area (Å²) in [5.41, 5.74) is 0. The van der Waals surface area contributed by atoms with E-state index in [4.69, 9.17) is 0 Å². The molecule has 2 heterocycles. The van der Waals surface area contributed by atoms with Crippen molar-refractivity contribution in [3.63, 3.8) is 0 Å². The van der Waals surface area contributed by atoms with Gasteiger partial charge in [0.25, 0.3) is 0 Å². The number of hydrogen-bond acceptors (Lipinski definition) is 3. The number of rotatable bonds is 1. The van der Waals surface area contributed by atoms with E-state index < -0.39 is 0 Å². The molecule has 72 valence electrons. The number of ketones is 1. The Morgan fingerprint density at radius 2 is 2.23 bits per heavy atom. The Morgan fingerprint density at radius 3 is 2.77 bits per heavy atom. The Bertz CT molecular complexity index is 236. The van der Waals surface area contributed by atoms with Crippen molar-refractivity contribution < 1.29 is 9.59 Å². The van der Waals surface area contributed by atoms with Crippen LogP contribution >= 0.6 is 11.8 Å². The summed E-state index contributed by atoms with van der Waals surface area (Å²) >= 11 is 1.89. The lowest BCUT2D eigenvalue weighted by atomic mass is 9.94. The highest BCUT2D eigenvalue weighted by Gasteiger charge is 2.36. The lowest BCUT2D eigenvalue weighted by Gasteiger charge is -2.25. The fraction of sp³-hybridized carbons (Fsp3) is 0.778. The smallest absolute Gasteiger partial charge is 0.228 e. The summed E-state index contributed by atoms with van der Waals surface area (Å²) in [6.07, 6.45) is 2.37. The third-order valence-electron chi connectivity index (χ3n) is 2.67. The second kappa shape index (κ2) is 3.70. The van der Waals surface area contributed by atoms with Gasteiger partial charge in [0.15, 0.2) is 5.78 Å². The maximum atomic E-state index is 11.4. The van der Waals surface area contributed by atoms with Crippen molar-refractivity contribution >= 4 is 23.5 Å². The van der Waals surface area contributed by atoms with Crippen LogP contribution in [0.25, 0.3) is 0 Å². The zero-order valence-corrected chi connectivity index (χ0v) is 8.23. The first kappa shape index (κ1) is 9.06. The van der Waals surface area contributed by atoms with E-state index in [1.54, 1.807) is 0 Å². The number of thioether (sulfide) groups is 1. The normalized spacial score (nSPS) is 34.8. The standard InChI is InChI=1S/C9H13NO2S/c11-7-4-8(12)10-9(7)6-2-1-3-13-5-6/h6,9H,1-5H2,(H,10,12). The molecule has 0 aromatic rings. The highest BCUT2D eigenvalue weighted by Crippen LogP contribution is 2.27. The number of carbonyl (C=O) groups excluding carboxylic acids is 2. The van der Waals surface area contributed by atoms with Crippen molar-refractivity contribution in [3.05, 3.63) is 0 Å². The highest BCUT2D eigenvalue weighted by molar-refractivity contribution is 7.99. The zero-order chi connectivity index (χ0) is 9.26. The molecule has 0 aliphatic carbocycles. The SMILES string of the molecule is O=C1CC(=O)C(C2CCCSC2)N1. The predicted molar refractivity (Wildman–Crippen MR) is 51.6 cm³/mol. The largest absolute Gasteiger partial charge is 0.346 e. The third-order valence-corrected chi connectivity index (χ3v) is 3.91. The number of hydrogen-bond donors (Lipinski definition) is 1. The second-order valence-electron chi connectivity index (χ2n) is 3.67.